The van der Waals surface area contributed by atoms with E-state index in [0.29, 0.717) is 16.8 Å². The van der Waals surface area contributed by atoms with Gasteiger partial charge in [-0.3, -0.25) is 4.79 Å². The number of rotatable bonds is 5. The van der Waals surface area contributed by atoms with Gasteiger partial charge in [-0.05, 0) is 42.3 Å². The Kier molecular flexibility index (Phi) is 5.87. The summed E-state index contributed by atoms with van der Waals surface area (Å²) in [5, 5.41) is 2.71. The molecule has 0 aromatic heterocycles. The predicted octanol–water partition coefficient (Wildman–Crippen LogP) is 3.56. The zero-order valence-electron chi connectivity index (χ0n) is 12.4. The number of benzene rings is 2. The fraction of sp³-hybridized carbons (Fsp3) is 0.176. The van der Waals surface area contributed by atoms with Crippen LogP contribution in [0.5, 0.6) is 0 Å². The van der Waals surface area contributed by atoms with Gasteiger partial charge in [0.1, 0.15) is 5.82 Å². The summed E-state index contributed by atoms with van der Waals surface area (Å²) in [6.45, 7) is 0. The first-order valence-corrected chi connectivity index (χ1v) is 7.79. The standard InChI is InChI=1S/C17H15BrFNO3/c1-23-17(22)11-6-8-13(9-7-11)20-16(21)14(18)10-12-4-2-3-5-15(12)19/h2-9,14H,10H2,1H3,(H,20,21). The molecule has 0 fully saturated rings. The normalized spacial score (nSPS) is 11.6. The van der Waals surface area contributed by atoms with E-state index in [1.807, 2.05) is 0 Å². The summed E-state index contributed by atoms with van der Waals surface area (Å²) in [6, 6.07) is 12.6. The molecule has 0 aliphatic heterocycles. The zero-order valence-corrected chi connectivity index (χ0v) is 14.0. The molecule has 1 N–H and O–H groups in total. The van der Waals surface area contributed by atoms with E-state index in [2.05, 4.69) is 26.0 Å². The zero-order chi connectivity index (χ0) is 16.8. The van der Waals surface area contributed by atoms with Gasteiger partial charge >= 0.3 is 5.97 Å². The number of hydrogen-bond acceptors (Lipinski definition) is 3. The Bertz CT molecular complexity index is 703. The number of hydrogen-bond donors (Lipinski definition) is 1. The smallest absolute Gasteiger partial charge is 0.337 e. The van der Waals surface area contributed by atoms with Crippen LogP contribution in [0.4, 0.5) is 10.1 Å². The Morgan fingerprint density at radius 2 is 1.83 bits per heavy atom. The van der Waals surface area contributed by atoms with Crippen molar-refractivity contribution in [2.75, 3.05) is 12.4 Å². The Morgan fingerprint density at radius 1 is 1.17 bits per heavy atom. The molecule has 0 aliphatic rings. The molecule has 120 valence electrons. The minimum Gasteiger partial charge on any atom is -0.465 e. The molecule has 6 heteroatoms. The summed E-state index contributed by atoms with van der Waals surface area (Å²) in [4.78, 5) is 22.9. The number of nitrogens with one attached hydrogen (secondary N) is 1. The van der Waals surface area contributed by atoms with Gasteiger partial charge in [-0.1, -0.05) is 34.1 Å². The average molecular weight is 380 g/mol. The topological polar surface area (TPSA) is 55.4 Å². The summed E-state index contributed by atoms with van der Waals surface area (Å²) < 4.78 is 18.2. The monoisotopic (exact) mass is 379 g/mol. The predicted molar refractivity (Wildman–Crippen MR) is 89.2 cm³/mol. The number of esters is 1. The number of amides is 1. The van der Waals surface area contributed by atoms with Crippen LogP contribution in [0.15, 0.2) is 48.5 Å². The molecule has 2 rings (SSSR count). The Hall–Kier alpha value is -2.21. The molecule has 0 saturated carbocycles. The molecular formula is C17H15BrFNO3. The number of carbonyl (C=O) groups excluding carboxylic acids is 2. The van der Waals surface area contributed by atoms with Crippen LogP contribution >= 0.6 is 15.9 Å². The van der Waals surface area contributed by atoms with Crippen molar-refractivity contribution >= 4 is 33.5 Å². The molecule has 0 aliphatic carbocycles. The van der Waals surface area contributed by atoms with Crippen molar-refractivity contribution < 1.29 is 18.7 Å². The molecule has 2 aromatic carbocycles. The summed E-state index contributed by atoms with van der Waals surface area (Å²) in [5.41, 5.74) is 1.40. The molecule has 1 amide bonds. The second kappa shape index (κ2) is 7.87. The van der Waals surface area contributed by atoms with Crippen LogP contribution in [0, 0.1) is 5.82 Å². The van der Waals surface area contributed by atoms with Gasteiger partial charge in [0.2, 0.25) is 5.91 Å². The minimum atomic E-state index is -0.570. The van der Waals surface area contributed by atoms with Crippen LogP contribution in [-0.2, 0) is 16.0 Å². The molecule has 0 heterocycles. The molecule has 2 aromatic rings. The average Bonchev–Trinajstić information content (AvgIpc) is 2.56. The van der Waals surface area contributed by atoms with Crippen molar-refractivity contribution in [1.82, 2.24) is 0 Å². The highest BCUT2D eigenvalue weighted by molar-refractivity contribution is 9.10. The minimum absolute atomic E-state index is 0.235. The highest BCUT2D eigenvalue weighted by atomic mass is 79.9. The summed E-state index contributed by atoms with van der Waals surface area (Å²) >= 11 is 3.27. The summed E-state index contributed by atoms with van der Waals surface area (Å²) in [7, 11) is 1.30. The van der Waals surface area contributed by atoms with Crippen LogP contribution in [0.1, 0.15) is 15.9 Å². The van der Waals surface area contributed by atoms with Crippen molar-refractivity contribution in [1.29, 1.82) is 0 Å². The lowest BCUT2D eigenvalue weighted by Crippen LogP contribution is -2.25. The van der Waals surface area contributed by atoms with Crippen molar-refractivity contribution in [3.8, 4) is 0 Å². The lowest BCUT2D eigenvalue weighted by Gasteiger charge is -2.12. The van der Waals surface area contributed by atoms with E-state index in [1.165, 1.54) is 13.2 Å². The number of ether oxygens (including phenoxy) is 1. The van der Waals surface area contributed by atoms with E-state index in [9.17, 15) is 14.0 Å². The quantitative estimate of drug-likeness (QED) is 0.638. The third-order valence-corrected chi connectivity index (χ3v) is 3.95. The Morgan fingerprint density at radius 3 is 2.43 bits per heavy atom. The lowest BCUT2D eigenvalue weighted by atomic mass is 10.1. The SMILES string of the molecule is COC(=O)c1ccc(NC(=O)C(Br)Cc2ccccc2F)cc1. The highest BCUT2D eigenvalue weighted by Crippen LogP contribution is 2.16. The molecule has 0 saturated heterocycles. The van der Waals surface area contributed by atoms with Crippen molar-refractivity contribution in [3.05, 3.63) is 65.5 Å². The molecule has 0 radical (unpaired) electrons. The van der Waals surface area contributed by atoms with Crippen LogP contribution in [0.2, 0.25) is 0 Å². The van der Waals surface area contributed by atoms with E-state index in [4.69, 9.17) is 0 Å². The Labute approximate surface area is 141 Å². The van der Waals surface area contributed by atoms with Gasteiger partial charge in [0, 0.05) is 5.69 Å². The van der Waals surface area contributed by atoms with E-state index in [-0.39, 0.29) is 18.1 Å². The molecule has 0 bridgehead atoms. The third-order valence-electron chi connectivity index (χ3n) is 3.21. The number of carbonyl (C=O) groups is 2. The van der Waals surface area contributed by atoms with Crippen molar-refractivity contribution in [2.45, 2.75) is 11.2 Å². The van der Waals surface area contributed by atoms with Gasteiger partial charge in [0.25, 0.3) is 0 Å². The first-order valence-electron chi connectivity index (χ1n) is 6.88. The number of halogens is 2. The van der Waals surface area contributed by atoms with E-state index >= 15 is 0 Å². The second-order valence-electron chi connectivity index (χ2n) is 4.82. The Balaban J connectivity index is 1.98. The van der Waals surface area contributed by atoms with Crippen LogP contribution in [0.25, 0.3) is 0 Å². The van der Waals surface area contributed by atoms with Crippen LogP contribution in [-0.4, -0.2) is 23.8 Å². The third kappa shape index (κ3) is 4.63. The van der Waals surface area contributed by atoms with Gasteiger partial charge in [-0.25, -0.2) is 9.18 Å². The van der Waals surface area contributed by atoms with E-state index < -0.39 is 10.8 Å². The van der Waals surface area contributed by atoms with Gasteiger partial charge in [-0.15, -0.1) is 0 Å². The highest BCUT2D eigenvalue weighted by Gasteiger charge is 2.17. The second-order valence-corrected chi connectivity index (χ2v) is 5.93. The molecule has 0 spiro atoms. The maximum Gasteiger partial charge on any atom is 0.337 e. The summed E-state index contributed by atoms with van der Waals surface area (Å²) in [6.07, 6.45) is 0.235. The largest absolute Gasteiger partial charge is 0.465 e. The van der Waals surface area contributed by atoms with E-state index in [0.717, 1.165) is 0 Å². The first-order chi connectivity index (χ1) is 11.0. The maximum absolute atomic E-state index is 13.6. The number of methoxy groups -OCH3 is 1. The first kappa shape index (κ1) is 17.1. The number of anilines is 1. The fourth-order valence-corrected chi connectivity index (χ4v) is 2.44. The van der Waals surface area contributed by atoms with Gasteiger partial charge in [0.15, 0.2) is 0 Å². The lowest BCUT2D eigenvalue weighted by molar-refractivity contribution is -0.115. The van der Waals surface area contributed by atoms with Crippen LogP contribution in [0.3, 0.4) is 0 Å². The molecule has 23 heavy (non-hydrogen) atoms. The number of alkyl halides is 1. The van der Waals surface area contributed by atoms with Crippen molar-refractivity contribution in [2.24, 2.45) is 0 Å². The van der Waals surface area contributed by atoms with Crippen molar-refractivity contribution in [3.63, 3.8) is 0 Å². The molecule has 4 nitrogen and oxygen atoms in total. The summed E-state index contributed by atoms with van der Waals surface area (Å²) in [5.74, 6) is -1.08. The fourth-order valence-electron chi connectivity index (χ4n) is 1.98. The van der Waals surface area contributed by atoms with Gasteiger partial charge < -0.3 is 10.1 Å². The van der Waals surface area contributed by atoms with Gasteiger partial charge in [-0.2, -0.15) is 0 Å². The van der Waals surface area contributed by atoms with Crippen LogP contribution < -0.4 is 5.32 Å². The molecule has 1 unspecified atom stereocenters. The maximum atomic E-state index is 13.6. The van der Waals surface area contributed by atoms with Gasteiger partial charge in [0.05, 0.1) is 17.5 Å². The molecule has 1 atom stereocenters. The molecular weight excluding hydrogens is 365 g/mol. The van der Waals surface area contributed by atoms with E-state index in [1.54, 1.807) is 42.5 Å².